The molecule has 0 bridgehead atoms. The third-order valence-electron chi connectivity index (χ3n) is 2.50. The van der Waals surface area contributed by atoms with Crippen molar-refractivity contribution >= 4 is 17.2 Å². The van der Waals surface area contributed by atoms with Crippen molar-refractivity contribution in [3.8, 4) is 17.6 Å². The third kappa shape index (κ3) is 1.69. The Kier molecular flexibility index (Phi) is 2.43. The van der Waals surface area contributed by atoms with Crippen LogP contribution in [0.5, 0.6) is 0 Å². The van der Waals surface area contributed by atoms with E-state index in [0.717, 1.165) is 0 Å². The van der Waals surface area contributed by atoms with Crippen LogP contribution in [0.1, 0.15) is 5.56 Å². The highest BCUT2D eigenvalue weighted by atomic mass is 35.5. The number of nitrogens with zero attached hydrogens (tertiary/aromatic N) is 5. The monoisotopic (exact) mass is 255 g/mol. The first-order valence-electron chi connectivity index (χ1n) is 5.15. The van der Waals surface area contributed by atoms with Crippen molar-refractivity contribution in [2.24, 2.45) is 0 Å². The van der Waals surface area contributed by atoms with Crippen LogP contribution in [-0.2, 0) is 0 Å². The molecule has 0 radical (unpaired) electrons. The van der Waals surface area contributed by atoms with E-state index in [4.69, 9.17) is 16.9 Å². The number of fused-ring (bicyclic) bond motifs is 1. The average Bonchev–Trinajstić information content (AvgIpc) is 2.82. The number of aromatic nitrogens is 4. The van der Waals surface area contributed by atoms with Gasteiger partial charge in [-0.05, 0) is 18.2 Å². The van der Waals surface area contributed by atoms with Gasteiger partial charge in [-0.15, -0.1) is 10.2 Å². The minimum absolute atomic E-state index is 0.547. The van der Waals surface area contributed by atoms with Gasteiger partial charge in [0.15, 0.2) is 11.5 Å². The van der Waals surface area contributed by atoms with Gasteiger partial charge < -0.3 is 0 Å². The van der Waals surface area contributed by atoms with Crippen molar-refractivity contribution < 1.29 is 0 Å². The van der Waals surface area contributed by atoms with E-state index in [1.807, 2.05) is 0 Å². The molecule has 0 amide bonds. The van der Waals surface area contributed by atoms with Gasteiger partial charge in [-0.3, -0.25) is 9.38 Å². The maximum Gasteiger partial charge on any atom is 0.186 e. The first kappa shape index (κ1) is 10.7. The Bertz CT molecular complexity index is 754. The summed E-state index contributed by atoms with van der Waals surface area (Å²) in [5.74, 6) is 0.617. The van der Waals surface area contributed by atoms with Crippen LogP contribution in [0.15, 0.2) is 36.7 Å². The maximum atomic E-state index is 8.82. The lowest BCUT2D eigenvalue weighted by Crippen LogP contribution is -1.91. The third-order valence-corrected chi connectivity index (χ3v) is 2.72. The van der Waals surface area contributed by atoms with Gasteiger partial charge in [0.2, 0.25) is 0 Å². The zero-order valence-electron chi connectivity index (χ0n) is 9.08. The summed E-state index contributed by atoms with van der Waals surface area (Å²) in [6, 6.07) is 8.96. The number of hydrogen-bond donors (Lipinski definition) is 0. The number of hydrogen-bond acceptors (Lipinski definition) is 4. The zero-order chi connectivity index (χ0) is 12.5. The van der Waals surface area contributed by atoms with E-state index in [-0.39, 0.29) is 0 Å². The molecule has 0 aliphatic carbocycles. The van der Waals surface area contributed by atoms with Crippen molar-refractivity contribution in [3.05, 3.63) is 47.2 Å². The largest absolute Gasteiger partial charge is 0.281 e. The fourth-order valence-electron chi connectivity index (χ4n) is 1.64. The molecule has 18 heavy (non-hydrogen) atoms. The van der Waals surface area contributed by atoms with E-state index >= 15 is 0 Å². The van der Waals surface area contributed by atoms with Crippen LogP contribution in [0.3, 0.4) is 0 Å². The summed E-state index contributed by atoms with van der Waals surface area (Å²) >= 11 is 5.79. The highest BCUT2D eigenvalue weighted by molar-refractivity contribution is 6.30. The maximum absolute atomic E-state index is 8.82. The molecule has 0 saturated heterocycles. The Morgan fingerprint density at radius 1 is 1.22 bits per heavy atom. The fraction of sp³-hybridized carbons (Fsp3) is 0. The Balaban J connectivity index is 2.19. The average molecular weight is 256 g/mol. The van der Waals surface area contributed by atoms with Crippen LogP contribution in [0.25, 0.3) is 17.2 Å². The molecule has 0 saturated carbocycles. The lowest BCUT2D eigenvalue weighted by molar-refractivity contribution is 1.09. The molecule has 0 spiro atoms. The molecule has 3 aromatic heterocycles. The normalized spacial score (nSPS) is 10.4. The van der Waals surface area contributed by atoms with Crippen molar-refractivity contribution in [2.75, 3.05) is 0 Å². The molecule has 0 aliphatic heterocycles. The lowest BCUT2D eigenvalue weighted by atomic mass is 10.3. The second kappa shape index (κ2) is 4.09. The smallest absolute Gasteiger partial charge is 0.186 e. The van der Waals surface area contributed by atoms with E-state index in [1.165, 1.54) is 0 Å². The van der Waals surface area contributed by atoms with Gasteiger partial charge in [0.05, 0.1) is 16.7 Å². The topological polar surface area (TPSA) is 66.9 Å². The van der Waals surface area contributed by atoms with Crippen LogP contribution in [0.4, 0.5) is 0 Å². The van der Waals surface area contributed by atoms with Crippen LogP contribution in [-0.4, -0.2) is 19.6 Å². The lowest BCUT2D eigenvalue weighted by Gasteiger charge is -1.99. The minimum Gasteiger partial charge on any atom is -0.281 e. The van der Waals surface area contributed by atoms with E-state index in [0.29, 0.717) is 27.8 Å². The first-order valence-corrected chi connectivity index (χ1v) is 5.52. The summed E-state index contributed by atoms with van der Waals surface area (Å²) < 4.78 is 1.77. The van der Waals surface area contributed by atoms with Crippen LogP contribution < -0.4 is 0 Å². The predicted octanol–water partition coefficient (Wildman–Crippen LogP) is 2.32. The Labute approximate surface area is 107 Å². The van der Waals surface area contributed by atoms with Crippen molar-refractivity contribution in [1.29, 1.82) is 5.26 Å². The predicted molar refractivity (Wildman–Crippen MR) is 65.9 cm³/mol. The van der Waals surface area contributed by atoms with Crippen LogP contribution >= 0.6 is 11.6 Å². The summed E-state index contributed by atoms with van der Waals surface area (Å²) in [6.07, 6.45) is 3.31. The van der Waals surface area contributed by atoms with Crippen LogP contribution in [0, 0.1) is 11.3 Å². The van der Waals surface area contributed by atoms with Crippen molar-refractivity contribution in [3.63, 3.8) is 0 Å². The van der Waals surface area contributed by atoms with Crippen molar-refractivity contribution in [2.45, 2.75) is 0 Å². The molecule has 3 rings (SSSR count). The zero-order valence-corrected chi connectivity index (χ0v) is 9.83. The summed E-state index contributed by atoms with van der Waals surface area (Å²) in [6.45, 7) is 0. The van der Waals surface area contributed by atoms with E-state index in [1.54, 1.807) is 41.1 Å². The molecular formula is C12H6ClN5. The SMILES string of the molecule is N#Cc1ccn2c(-c3ccc(Cl)cn3)nnc2c1. The molecule has 0 fully saturated rings. The molecule has 0 unspecified atom stereocenters. The first-order chi connectivity index (χ1) is 8.78. The van der Waals surface area contributed by atoms with Gasteiger partial charge in [0, 0.05) is 18.5 Å². The van der Waals surface area contributed by atoms with E-state index in [9.17, 15) is 0 Å². The molecule has 0 aromatic carbocycles. The molecule has 86 valence electrons. The number of halogens is 1. The molecule has 0 atom stereocenters. The molecule has 0 aliphatic rings. The quantitative estimate of drug-likeness (QED) is 0.669. The summed E-state index contributed by atoms with van der Waals surface area (Å²) in [7, 11) is 0. The van der Waals surface area contributed by atoms with Gasteiger partial charge in [0.25, 0.3) is 0 Å². The summed E-state index contributed by atoms with van der Waals surface area (Å²) in [5, 5.41) is 17.5. The van der Waals surface area contributed by atoms with Gasteiger partial charge in [0.1, 0.15) is 5.69 Å². The van der Waals surface area contributed by atoms with Crippen LogP contribution in [0.2, 0.25) is 5.02 Å². The Hall–Kier alpha value is -2.45. The molecule has 3 aromatic rings. The Morgan fingerprint density at radius 2 is 2.11 bits per heavy atom. The summed E-state index contributed by atoms with van der Waals surface area (Å²) in [5.41, 5.74) is 1.84. The number of nitriles is 1. The number of pyridine rings is 2. The van der Waals surface area contributed by atoms with E-state index in [2.05, 4.69) is 21.3 Å². The second-order valence-electron chi connectivity index (χ2n) is 3.64. The van der Waals surface area contributed by atoms with Gasteiger partial charge in [-0.1, -0.05) is 11.6 Å². The van der Waals surface area contributed by atoms with Gasteiger partial charge in [-0.25, -0.2) is 0 Å². The Morgan fingerprint density at radius 3 is 2.83 bits per heavy atom. The minimum atomic E-state index is 0.547. The second-order valence-corrected chi connectivity index (χ2v) is 4.08. The van der Waals surface area contributed by atoms with E-state index < -0.39 is 0 Å². The molecule has 6 heteroatoms. The summed E-state index contributed by atoms with van der Waals surface area (Å²) in [4.78, 5) is 4.19. The highest BCUT2D eigenvalue weighted by Crippen LogP contribution is 2.18. The van der Waals surface area contributed by atoms with Crippen molar-refractivity contribution in [1.82, 2.24) is 19.6 Å². The van der Waals surface area contributed by atoms with Gasteiger partial charge in [-0.2, -0.15) is 5.26 Å². The highest BCUT2D eigenvalue weighted by Gasteiger charge is 2.09. The number of rotatable bonds is 1. The molecular weight excluding hydrogens is 250 g/mol. The molecule has 5 nitrogen and oxygen atoms in total. The standard InChI is InChI=1S/C12H6ClN5/c13-9-1-2-10(15-7-9)12-17-16-11-5-8(6-14)3-4-18(11)12/h1-5,7H. The molecule has 0 N–H and O–H groups in total. The fourth-order valence-corrected chi connectivity index (χ4v) is 1.75. The van der Waals surface area contributed by atoms with Gasteiger partial charge >= 0.3 is 0 Å². The molecule has 3 heterocycles.